The predicted octanol–water partition coefficient (Wildman–Crippen LogP) is 2.10. The van der Waals surface area contributed by atoms with Gasteiger partial charge in [0.1, 0.15) is 11.6 Å². The quantitative estimate of drug-likeness (QED) is 0.770. The first-order valence-electron chi connectivity index (χ1n) is 5.83. The Hall–Kier alpha value is -1.26. The molecule has 0 radical (unpaired) electrons. The predicted molar refractivity (Wildman–Crippen MR) is 64.6 cm³/mol. The minimum atomic E-state index is -0.687. The van der Waals surface area contributed by atoms with Gasteiger partial charge < -0.3 is 14.8 Å². The van der Waals surface area contributed by atoms with Crippen molar-refractivity contribution in [1.82, 2.24) is 5.32 Å². The Kier molecular flexibility index (Phi) is 5.99. The molecule has 0 aromatic rings. The van der Waals surface area contributed by atoms with Crippen LogP contribution in [0.15, 0.2) is 0 Å². The third-order valence-electron chi connectivity index (χ3n) is 1.88. The van der Waals surface area contributed by atoms with E-state index in [1.165, 1.54) is 0 Å². The van der Waals surface area contributed by atoms with Gasteiger partial charge in [-0.15, -0.1) is 0 Å². The van der Waals surface area contributed by atoms with Gasteiger partial charge >= 0.3 is 12.1 Å². The van der Waals surface area contributed by atoms with E-state index in [4.69, 9.17) is 9.47 Å². The standard InChI is InChI=1S/C12H23NO4/c1-7-16-11(15)13-9(8(2)3)10(14)17-12(4,5)6/h8-9H,7H2,1-6H3,(H,13,15)/t9-/m0/s1. The summed E-state index contributed by atoms with van der Waals surface area (Å²) in [5.41, 5.74) is -0.569. The van der Waals surface area contributed by atoms with Gasteiger partial charge in [0.2, 0.25) is 0 Å². The van der Waals surface area contributed by atoms with E-state index in [9.17, 15) is 9.59 Å². The van der Waals surface area contributed by atoms with Crippen LogP contribution in [0.25, 0.3) is 0 Å². The average Bonchev–Trinajstić information content (AvgIpc) is 2.11. The van der Waals surface area contributed by atoms with E-state index in [-0.39, 0.29) is 12.5 Å². The minimum absolute atomic E-state index is 0.0609. The van der Waals surface area contributed by atoms with Crippen LogP contribution in [-0.4, -0.2) is 30.3 Å². The highest BCUT2D eigenvalue weighted by molar-refractivity contribution is 5.81. The van der Waals surface area contributed by atoms with Gasteiger partial charge in [-0.25, -0.2) is 9.59 Å². The van der Waals surface area contributed by atoms with Crippen LogP contribution < -0.4 is 5.32 Å². The van der Waals surface area contributed by atoms with Gasteiger partial charge in [0, 0.05) is 0 Å². The summed E-state index contributed by atoms with van der Waals surface area (Å²) < 4.78 is 9.98. The van der Waals surface area contributed by atoms with Crippen LogP contribution in [0.1, 0.15) is 41.5 Å². The lowest BCUT2D eigenvalue weighted by Gasteiger charge is -2.26. The van der Waals surface area contributed by atoms with E-state index in [0.29, 0.717) is 0 Å². The molecule has 0 spiro atoms. The number of hydrogen-bond donors (Lipinski definition) is 1. The van der Waals surface area contributed by atoms with Crippen molar-refractivity contribution in [3.63, 3.8) is 0 Å². The van der Waals surface area contributed by atoms with Crippen LogP contribution in [-0.2, 0) is 14.3 Å². The minimum Gasteiger partial charge on any atom is -0.458 e. The lowest BCUT2D eigenvalue weighted by molar-refractivity contribution is -0.158. The molecule has 0 aliphatic rings. The van der Waals surface area contributed by atoms with Crippen LogP contribution in [0, 0.1) is 5.92 Å². The third-order valence-corrected chi connectivity index (χ3v) is 1.88. The molecule has 1 amide bonds. The fourth-order valence-corrected chi connectivity index (χ4v) is 1.16. The van der Waals surface area contributed by atoms with E-state index in [1.54, 1.807) is 27.7 Å². The summed E-state index contributed by atoms with van der Waals surface area (Å²) in [5.74, 6) is -0.505. The molecule has 0 saturated carbocycles. The van der Waals surface area contributed by atoms with Gasteiger partial charge in [0.15, 0.2) is 0 Å². The molecule has 1 N–H and O–H groups in total. The maximum Gasteiger partial charge on any atom is 0.407 e. The number of ether oxygens (including phenoxy) is 2. The maximum absolute atomic E-state index is 11.8. The third kappa shape index (κ3) is 6.81. The van der Waals surface area contributed by atoms with Gasteiger partial charge in [-0.1, -0.05) is 13.8 Å². The normalized spacial score (nSPS) is 13.1. The summed E-state index contributed by atoms with van der Waals surface area (Å²) in [6.07, 6.45) is -0.600. The van der Waals surface area contributed by atoms with E-state index >= 15 is 0 Å². The van der Waals surface area contributed by atoms with Crippen LogP contribution >= 0.6 is 0 Å². The molecule has 0 aromatic carbocycles. The fourth-order valence-electron chi connectivity index (χ4n) is 1.16. The summed E-state index contributed by atoms with van der Waals surface area (Å²) in [7, 11) is 0. The van der Waals surface area contributed by atoms with Crippen molar-refractivity contribution in [3.8, 4) is 0 Å². The number of rotatable bonds is 4. The largest absolute Gasteiger partial charge is 0.458 e. The zero-order valence-electron chi connectivity index (χ0n) is 11.5. The van der Waals surface area contributed by atoms with Crippen molar-refractivity contribution in [2.75, 3.05) is 6.61 Å². The molecule has 0 unspecified atom stereocenters. The zero-order valence-corrected chi connectivity index (χ0v) is 11.5. The summed E-state index contributed by atoms with van der Waals surface area (Å²) in [6.45, 7) is 11.0. The Balaban J connectivity index is 4.53. The number of amides is 1. The Morgan fingerprint density at radius 2 is 1.76 bits per heavy atom. The smallest absolute Gasteiger partial charge is 0.407 e. The molecule has 0 saturated heterocycles. The maximum atomic E-state index is 11.8. The lowest BCUT2D eigenvalue weighted by Crippen LogP contribution is -2.47. The number of nitrogens with one attached hydrogen (secondary N) is 1. The highest BCUT2D eigenvalue weighted by atomic mass is 16.6. The highest BCUT2D eigenvalue weighted by Crippen LogP contribution is 2.12. The summed E-state index contributed by atoms with van der Waals surface area (Å²) >= 11 is 0. The number of alkyl carbamates (subject to hydrolysis) is 1. The zero-order chi connectivity index (χ0) is 13.6. The summed E-state index contributed by atoms with van der Waals surface area (Å²) in [5, 5.41) is 2.50. The SMILES string of the molecule is CCOC(=O)N[C@H](C(=O)OC(C)(C)C)C(C)C. The average molecular weight is 245 g/mol. The van der Waals surface area contributed by atoms with Crippen molar-refractivity contribution in [2.24, 2.45) is 5.92 Å². The topological polar surface area (TPSA) is 64.6 Å². The first-order chi connectivity index (χ1) is 7.67. The molecule has 0 fully saturated rings. The molecule has 0 aliphatic carbocycles. The molecular formula is C12H23NO4. The van der Waals surface area contributed by atoms with E-state index in [2.05, 4.69) is 5.32 Å². The Labute approximate surface area is 103 Å². The van der Waals surface area contributed by atoms with E-state index < -0.39 is 23.7 Å². The first-order valence-corrected chi connectivity index (χ1v) is 5.83. The van der Waals surface area contributed by atoms with Crippen LogP contribution in [0.3, 0.4) is 0 Å². The van der Waals surface area contributed by atoms with Crippen molar-refractivity contribution < 1.29 is 19.1 Å². The second-order valence-corrected chi connectivity index (χ2v) is 5.12. The van der Waals surface area contributed by atoms with E-state index in [0.717, 1.165) is 0 Å². The molecular weight excluding hydrogens is 222 g/mol. The van der Waals surface area contributed by atoms with Crippen LogP contribution in [0.4, 0.5) is 4.79 Å². The van der Waals surface area contributed by atoms with Gasteiger partial charge in [-0.05, 0) is 33.6 Å². The van der Waals surface area contributed by atoms with Gasteiger partial charge in [0.25, 0.3) is 0 Å². The Morgan fingerprint density at radius 1 is 1.24 bits per heavy atom. The number of esters is 1. The Morgan fingerprint density at radius 3 is 2.12 bits per heavy atom. The fraction of sp³-hybridized carbons (Fsp3) is 0.833. The van der Waals surface area contributed by atoms with Crippen molar-refractivity contribution in [3.05, 3.63) is 0 Å². The molecule has 0 heterocycles. The van der Waals surface area contributed by atoms with Crippen molar-refractivity contribution >= 4 is 12.1 Å². The first kappa shape index (κ1) is 15.7. The summed E-state index contributed by atoms with van der Waals surface area (Å²) in [4.78, 5) is 23.1. The molecule has 17 heavy (non-hydrogen) atoms. The second-order valence-electron chi connectivity index (χ2n) is 5.12. The van der Waals surface area contributed by atoms with Crippen molar-refractivity contribution in [2.45, 2.75) is 53.2 Å². The van der Waals surface area contributed by atoms with Crippen LogP contribution in [0.2, 0.25) is 0 Å². The van der Waals surface area contributed by atoms with Gasteiger partial charge in [-0.3, -0.25) is 0 Å². The molecule has 5 heteroatoms. The molecule has 0 rings (SSSR count). The number of carbonyl (C=O) groups excluding carboxylic acids is 2. The second kappa shape index (κ2) is 6.47. The van der Waals surface area contributed by atoms with Crippen LogP contribution in [0.5, 0.6) is 0 Å². The van der Waals surface area contributed by atoms with E-state index in [1.807, 2.05) is 13.8 Å². The van der Waals surface area contributed by atoms with Crippen molar-refractivity contribution in [1.29, 1.82) is 0 Å². The molecule has 100 valence electrons. The molecule has 0 aliphatic heterocycles. The number of carbonyl (C=O) groups is 2. The van der Waals surface area contributed by atoms with Gasteiger partial charge in [0.05, 0.1) is 6.61 Å². The monoisotopic (exact) mass is 245 g/mol. The summed E-state index contributed by atoms with van der Waals surface area (Å²) in [6, 6.07) is -0.687. The highest BCUT2D eigenvalue weighted by Gasteiger charge is 2.29. The Bertz CT molecular complexity index is 268. The molecule has 1 atom stereocenters. The molecule has 5 nitrogen and oxygen atoms in total. The lowest BCUT2D eigenvalue weighted by atomic mass is 10.0. The number of hydrogen-bond acceptors (Lipinski definition) is 4. The molecule has 0 bridgehead atoms. The van der Waals surface area contributed by atoms with Gasteiger partial charge in [-0.2, -0.15) is 0 Å². The molecule has 0 aromatic heterocycles.